The van der Waals surface area contributed by atoms with Gasteiger partial charge in [-0.2, -0.15) is 0 Å². The smallest absolute Gasteiger partial charge is 0.353 e. The Balaban J connectivity index is 1.43. The number of rotatable bonds is 5. The number of carbonyl (C=O) groups is 2. The van der Waals surface area contributed by atoms with E-state index in [-0.39, 0.29) is 42.3 Å². The first-order valence-electron chi connectivity index (χ1n) is 9.45. The highest BCUT2D eigenvalue weighted by atomic mass is 32.2. The lowest BCUT2D eigenvalue weighted by atomic mass is 9.80. The average molecular weight is 436 g/mol. The Morgan fingerprint density at radius 1 is 1.48 bits per heavy atom. The minimum Gasteiger partial charge on any atom is -0.477 e. The average Bonchev–Trinajstić information content (AvgIpc) is 3.01. The van der Waals surface area contributed by atoms with E-state index in [0.29, 0.717) is 4.91 Å². The Labute approximate surface area is 175 Å². The van der Waals surface area contributed by atoms with E-state index in [2.05, 4.69) is 16.0 Å². The van der Waals surface area contributed by atoms with Gasteiger partial charge in [-0.15, -0.1) is 11.3 Å². The maximum absolute atomic E-state index is 12.6. The Morgan fingerprint density at radius 2 is 2.21 bits per heavy atom. The van der Waals surface area contributed by atoms with E-state index in [1.54, 1.807) is 0 Å². The summed E-state index contributed by atoms with van der Waals surface area (Å²) in [5.41, 5.74) is 1.00. The molecule has 0 unspecified atom stereocenters. The van der Waals surface area contributed by atoms with Crippen molar-refractivity contribution in [3.8, 4) is 0 Å². The number of ether oxygens (including phenoxy) is 1. The summed E-state index contributed by atoms with van der Waals surface area (Å²) in [7, 11) is 1.95. The quantitative estimate of drug-likeness (QED) is 0.526. The number of thiazole rings is 1. The first kappa shape index (κ1) is 19.3. The van der Waals surface area contributed by atoms with Crippen molar-refractivity contribution >= 4 is 40.5 Å². The molecule has 0 aliphatic carbocycles. The molecule has 10 heteroatoms. The highest BCUT2D eigenvalue weighted by Crippen LogP contribution is 2.61. The minimum absolute atomic E-state index is 0.0205. The van der Waals surface area contributed by atoms with Gasteiger partial charge in [-0.3, -0.25) is 14.6 Å². The molecule has 5 atom stereocenters. The number of aliphatic hydroxyl groups is 1. The number of thioether (sulfide) groups is 1. The second kappa shape index (κ2) is 6.39. The summed E-state index contributed by atoms with van der Waals surface area (Å²) >= 11 is 2.76. The van der Waals surface area contributed by atoms with Crippen LogP contribution in [0.4, 0.5) is 0 Å². The first-order chi connectivity index (χ1) is 13.8. The van der Waals surface area contributed by atoms with Crippen LogP contribution in [0.2, 0.25) is 0 Å². The zero-order valence-electron chi connectivity index (χ0n) is 16.2. The number of nitrogens with zero attached hydrogens (tertiary/aromatic N) is 3. The second-order valence-corrected chi connectivity index (χ2v) is 10.0. The fourth-order valence-corrected chi connectivity index (χ4v) is 6.90. The molecule has 0 bridgehead atoms. The molecule has 0 aromatic carbocycles. The van der Waals surface area contributed by atoms with E-state index >= 15 is 0 Å². The van der Waals surface area contributed by atoms with Crippen LogP contribution in [0, 0.1) is 5.92 Å². The van der Waals surface area contributed by atoms with Gasteiger partial charge in [-0.05, 0) is 19.5 Å². The number of fused-ring (bicyclic) bond motifs is 2. The van der Waals surface area contributed by atoms with Crippen LogP contribution in [0.1, 0.15) is 19.5 Å². The molecule has 0 saturated carbocycles. The lowest BCUT2D eigenvalue weighted by Gasteiger charge is -2.43. The van der Waals surface area contributed by atoms with E-state index in [9.17, 15) is 19.8 Å². The van der Waals surface area contributed by atoms with E-state index in [1.807, 2.05) is 26.3 Å². The number of β-lactam (4-membered cyclic amide) rings is 1. The zero-order valence-corrected chi connectivity index (χ0v) is 17.8. The van der Waals surface area contributed by atoms with Gasteiger partial charge in [-0.25, -0.2) is 9.78 Å². The molecule has 1 amide bonds. The van der Waals surface area contributed by atoms with Gasteiger partial charge in [0.25, 0.3) is 5.91 Å². The van der Waals surface area contributed by atoms with Crippen molar-refractivity contribution in [2.24, 2.45) is 5.92 Å². The Kier molecular flexibility index (Phi) is 4.24. The maximum atomic E-state index is 12.6. The van der Waals surface area contributed by atoms with Crippen LogP contribution in [0.15, 0.2) is 26.4 Å². The number of carboxylic acid groups (broad SMARTS) is 1. The van der Waals surface area contributed by atoms with Crippen molar-refractivity contribution in [3.63, 3.8) is 0 Å². The van der Waals surface area contributed by atoms with Gasteiger partial charge in [-0.1, -0.05) is 24.8 Å². The first-order valence-corrected chi connectivity index (χ1v) is 11.1. The molecular formula is C19H21N3O5S2. The maximum Gasteiger partial charge on any atom is 0.353 e. The van der Waals surface area contributed by atoms with Gasteiger partial charge < -0.3 is 14.9 Å². The number of carbonyl (C=O) groups excluding carboxylic acids is 1. The number of likely N-dealkylation sites (N-methyl/N-ethyl adjacent to an activating group) is 1. The number of hydrogen-bond donors (Lipinski definition) is 2. The molecule has 2 fully saturated rings. The van der Waals surface area contributed by atoms with Crippen molar-refractivity contribution in [1.82, 2.24) is 14.8 Å². The summed E-state index contributed by atoms with van der Waals surface area (Å²) in [6.07, 6.45) is 1.89. The van der Waals surface area contributed by atoms with Crippen LogP contribution < -0.4 is 0 Å². The molecule has 2 N–H and O–H groups in total. The van der Waals surface area contributed by atoms with Crippen LogP contribution in [0.5, 0.6) is 0 Å². The van der Waals surface area contributed by atoms with E-state index in [0.717, 1.165) is 22.2 Å². The van der Waals surface area contributed by atoms with Gasteiger partial charge in [0.1, 0.15) is 5.70 Å². The number of amides is 1. The summed E-state index contributed by atoms with van der Waals surface area (Å²) in [4.78, 5) is 33.4. The Morgan fingerprint density at radius 3 is 2.83 bits per heavy atom. The van der Waals surface area contributed by atoms with Gasteiger partial charge in [0.15, 0.2) is 9.94 Å². The lowest BCUT2D eigenvalue weighted by molar-refractivity contribution is -0.159. The normalized spacial score (nSPS) is 35.9. The van der Waals surface area contributed by atoms with Crippen molar-refractivity contribution in [2.45, 2.75) is 42.0 Å². The van der Waals surface area contributed by atoms with E-state index in [4.69, 9.17) is 4.74 Å². The third-order valence-corrected chi connectivity index (χ3v) is 8.62. The van der Waals surface area contributed by atoms with Gasteiger partial charge >= 0.3 is 5.97 Å². The monoisotopic (exact) mass is 435 g/mol. The summed E-state index contributed by atoms with van der Waals surface area (Å²) in [6.45, 7) is 4.57. The van der Waals surface area contributed by atoms with Crippen molar-refractivity contribution in [1.29, 1.82) is 0 Å². The fourth-order valence-electron chi connectivity index (χ4n) is 4.81. The van der Waals surface area contributed by atoms with Gasteiger partial charge in [0.2, 0.25) is 0 Å². The summed E-state index contributed by atoms with van der Waals surface area (Å²) in [5, 5.41) is 21.4. The van der Waals surface area contributed by atoms with Gasteiger partial charge in [0, 0.05) is 22.7 Å². The standard InChI is InChI=1S/C19H21N3O5S2/c1-8-14(13(16(24)25)22-15(8)19(17(22)26)9(2)27-19)29-18-20-11(7-28-18)10-4-5-21(3)12(10)6-23/h4,7-9,12,15,23H,5-6H2,1-3H3,(H,24,25)/t8-,9+,12-,15+,19-/m0/s1. The summed E-state index contributed by atoms with van der Waals surface area (Å²) in [6, 6.07) is -0.343. The SMILES string of the molecule is C[C@H]1C(Sc2nc(C3=CCN(C)[C@H]3CO)cs2)=C(C(=O)O)N2C(=O)[C@@]3(O[C@@H]3C)[C@@H]12. The van der Waals surface area contributed by atoms with Crippen LogP contribution >= 0.6 is 23.1 Å². The zero-order chi connectivity index (χ0) is 20.7. The molecule has 4 aliphatic heterocycles. The van der Waals surface area contributed by atoms with E-state index in [1.165, 1.54) is 28.0 Å². The highest BCUT2D eigenvalue weighted by Gasteiger charge is 2.79. The number of aromatic nitrogens is 1. The molecule has 5 rings (SSSR count). The minimum atomic E-state index is -1.10. The number of epoxide rings is 1. The number of aliphatic carboxylic acids is 1. The second-order valence-electron chi connectivity index (χ2n) is 7.88. The predicted molar refractivity (Wildman–Crippen MR) is 107 cm³/mol. The molecule has 1 spiro atoms. The number of hydrogen-bond acceptors (Lipinski definition) is 8. The van der Waals surface area contributed by atoms with Crippen LogP contribution in [-0.2, 0) is 14.3 Å². The Hall–Kier alpha value is -1.72. The lowest BCUT2D eigenvalue weighted by Crippen LogP contribution is -2.68. The summed E-state index contributed by atoms with van der Waals surface area (Å²) in [5.74, 6) is -1.49. The third-order valence-electron chi connectivity index (χ3n) is 6.39. The molecule has 0 radical (unpaired) electrons. The van der Waals surface area contributed by atoms with Gasteiger partial charge in [0.05, 0.1) is 30.5 Å². The fraction of sp³-hybridized carbons (Fsp3) is 0.526. The summed E-state index contributed by atoms with van der Waals surface area (Å²) < 4.78 is 6.32. The largest absolute Gasteiger partial charge is 0.477 e. The molecule has 2 saturated heterocycles. The van der Waals surface area contributed by atoms with Crippen LogP contribution in [0.3, 0.4) is 0 Å². The molecule has 29 heavy (non-hydrogen) atoms. The molecule has 1 aromatic rings. The molecule has 5 heterocycles. The van der Waals surface area contributed by atoms with Crippen molar-refractivity contribution in [3.05, 3.63) is 27.8 Å². The molecule has 154 valence electrons. The molecular weight excluding hydrogens is 414 g/mol. The molecule has 1 aromatic heterocycles. The van der Waals surface area contributed by atoms with E-state index < -0.39 is 11.6 Å². The highest BCUT2D eigenvalue weighted by molar-refractivity contribution is 8.04. The van der Waals surface area contributed by atoms with Crippen molar-refractivity contribution < 1.29 is 24.5 Å². The van der Waals surface area contributed by atoms with Crippen LogP contribution in [-0.4, -0.2) is 80.9 Å². The molecule has 4 aliphatic rings. The predicted octanol–water partition coefficient (Wildman–Crippen LogP) is 1.24. The topological polar surface area (TPSA) is 106 Å². The van der Waals surface area contributed by atoms with Crippen molar-refractivity contribution in [2.75, 3.05) is 20.2 Å². The Bertz CT molecular complexity index is 988. The molecule has 8 nitrogen and oxygen atoms in total. The van der Waals surface area contributed by atoms with Crippen LogP contribution in [0.25, 0.3) is 5.57 Å². The number of aliphatic hydroxyl groups excluding tert-OH is 1. The number of carboxylic acids is 1. The third kappa shape index (κ3) is 2.46.